The van der Waals surface area contributed by atoms with E-state index in [2.05, 4.69) is 23.0 Å². The molecule has 0 aliphatic heterocycles. The molecule has 0 spiro atoms. The monoisotopic (exact) mass is 241 g/mol. The Labute approximate surface area is 102 Å². The molecule has 1 amide bonds. The van der Waals surface area contributed by atoms with Gasteiger partial charge in [0, 0.05) is 24.8 Å². The lowest BCUT2D eigenvalue weighted by atomic mass is 10.1. The molecule has 1 rings (SSSR count). The van der Waals surface area contributed by atoms with E-state index in [1.165, 1.54) is 0 Å². The summed E-state index contributed by atoms with van der Waals surface area (Å²) in [6.45, 7) is 6.45. The third kappa shape index (κ3) is 3.01. The van der Waals surface area contributed by atoms with Crippen LogP contribution >= 0.6 is 12.6 Å². The molecule has 4 nitrogen and oxygen atoms in total. The standard InChI is InChI=1S/C11H19N3OS/c1-7(2)10(16)11(15)12-5-9-6-13-14(4)8(9)3/h6-7,10,16H,5H2,1-4H3,(H,12,15). The molecule has 1 heterocycles. The average Bonchev–Trinajstić information content (AvgIpc) is 2.55. The number of carbonyl (C=O) groups is 1. The van der Waals surface area contributed by atoms with Crippen molar-refractivity contribution in [3.63, 3.8) is 0 Å². The van der Waals surface area contributed by atoms with Crippen LogP contribution in [0.15, 0.2) is 6.20 Å². The van der Waals surface area contributed by atoms with Gasteiger partial charge in [-0.25, -0.2) is 0 Å². The van der Waals surface area contributed by atoms with Crippen molar-refractivity contribution in [1.29, 1.82) is 0 Å². The zero-order chi connectivity index (χ0) is 12.3. The molecule has 0 aliphatic carbocycles. The Bertz CT molecular complexity index is 373. The van der Waals surface area contributed by atoms with Crippen molar-refractivity contribution in [2.24, 2.45) is 13.0 Å². The number of nitrogens with zero attached hydrogens (tertiary/aromatic N) is 2. The fourth-order valence-electron chi connectivity index (χ4n) is 1.31. The van der Waals surface area contributed by atoms with Crippen LogP contribution in [0.1, 0.15) is 25.1 Å². The van der Waals surface area contributed by atoms with E-state index in [9.17, 15) is 4.79 Å². The van der Waals surface area contributed by atoms with Gasteiger partial charge in [0.15, 0.2) is 0 Å². The summed E-state index contributed by atoms with van der Waals surface area (Å²) in [7, 11) is 1.89. The molecule has 1 atom stereocenters. The van der Waals surface area contributed by atoms with Crippen molar-refractivity contribution < 1.29 is 4.79 Å². The summed E-state index contributed by atoms with van der Waals surface area (Å²) in [5.41, 5.74) is 2.11. The molecule has 0 aliphatic rings. The summed E-state index contributed by atoms with van der Waals surface area (Å²) in [5, 5.41) is 6.73. The summed E-state index contributed by atoms with van der Waals surface area (Å²) in [5.74, 6) is 0.208. The van der Waals surface area contributed by atoms with Crippen LogP contribution in [0.4, 0.5) is 0 Å². The quantitative estimate of drug-likeness (QED) is 0.781. The number of aromatic nitrogens is 2. The van der Waals surface area contributed by atoms with Gasteiger partial charge in [-0.3, -0.25) is 9.48 Å². The van der Waals surface area contributed by atoms with Crippen LogP contribution in [0.2, 0.25) is 0 Å². The van der Waals surface area contributed by atoms with E-state index in [1.54, 1.807) is 10.9 Å². The summed E-state index contributed by atoms with van der Waals surface area (Å²) in [6.07, 6.45) is 1.78. The number of amides is 1. The summed E-state index contributed by atoms with van der Waals surface area (Å²) in [4.78, 5) is 11.7. The van der Waals surface area contributed by atoms with Crippen molar-refractivity contribution in [2.75, 3.05) is 0 Å². The molecule has 5 heteroatoms. The first kappa shape index (κ1) is 13.1. The van der Waals surface area contributed by atoms with Crippen LogP contribution < -0.4 is 5.32 Å². The number of nitrogens with one attached hydrogen (secondary N) is 1. The number of rotatable bonds is 4. The minimum absolute atomic E-state index is 0.0263. The highest BCUT2D eigenvalue weighted by molar-refractivity contribution is 7.81. The zero-order valence-corrected chi connectivity index (χ0v) is 11.1. The lowest BCUT2D eigenvalue weighted by Gasteiger charge is -2.14. The predicted molar refractivity (Wildman–Crippen MR) is 67.4 cm³/mol. The highest BCUT2D eigenvalue weighted by Crippen LogP contribution is 2.10. The van der Waals surface area contributed by atoms with Crippen LogP contribution in [0, 0.1) is 12.8 Å². The van der Waals surface area contributed by atoms with Crippen molar-refractivity contribution in [3.05, 3.63) is 17.5 Å². The largest absolute Gasteiger partial charge is 0.351 e. The lowest BCUT2D eigenvalue weighted by Crippen LogP contribution is -2.34. The minimum atomic E-state index is -0.253. The predicted octanol–water partition coefficient (Wildman–Crippen LogP) is 1.30. The van der Waals surface area contributed by atoms with Crippen molar-refractivity contribution in [1.82, 2.24) is 15.1 Å². The Balaban J connectivity index is 2.52. The van der Waals surface area contributed by atoms with Gasteiger partial charge in [-0.2, -0.15) is 17.7 Å². The van der Waals surface area contributed by atoms with Crippen molar-refractivity contribution in [2.45, 2.75) is 32.6 Å². The van der Waals surface area contributed by atoms with Gasteiger partial charge < -0.3 is 5.32 Å². The first-order valence-electron chi connectivity index (χ1n) is 5.36. The minimum Gasteiger partial charge on any atom is -0.351 e. The van der Waals surface area contributed by atoms with E-state index < -0.39 is 0 Å². The van der Waals surface area contributed by atoms with Crippen LogP contribution in [-0.2, 0) is 18.4 Å². The van der Waals surface area contributed by atoms with Crippen LogP contribution in [0.25, 0.3) is 0 Å². The third-order valence-electron chi connectivity index (χ3n) is 2.69. The van der Waals surface area contributed by atoms with E-state index in [1.807, 2.05) is 27.8 Å². The maximum atomic E-state index is 11.7. The number of hydrogen-bond donors (Lipinski definition) is 2. The normalized spacial score (nSPS) is 12.9. The topological polar surface area (TPSA) is 46.9 Å². The molecule has 1 aromatic rings. The van der Waals surface area contributed by atoms with Crippen LogP contribution in [0.5, 0.6) is 0 Å². The SMILES string of the molecule is Cc1c(CNC(=O)C(S)C(C)C)cnn1C. The van der Waals surface area contributed by atoms with Gasteiger partial charge in [-0.1, -0.05) is 13.8 Å². The first-order valence-corrected chi connectivity index (χ1v) is 5.88. The molecule has 0 saturated heterocycles. The second-order valence-electron chi connectivity index (χ2n) is 4.29. The Hall–Kier alpha value is -0.970. The average molecular weight is 241 g/mol. The molecule has 16 heavy (non-hydrogen) atoms. The third-order valence-corrected chi connectivity index (χ3v) is 3.52. The van der Waals surface area contributed by atoms with Gasteiger partial charge in [0.25, 0.3) is 0 Å². The number of aryl methyl sites for hydroxylation is 1. The van der Waals surface area contributed by atoms with Gasteiger partial charge in [-0.05, 0) is 12.8 Å². The summed E-state index contributed by atoms with van der Waals surface area (Å²) in [6, 6.07) is 0. The van der Waals surface area contributed by atoms with Crippen molar-refractivity contribution in [3.8, 4) is 0 Å². The van der Waals surface area contributed by atoms with E-state index in [-0.39, 0.29) is 17.1 Å². The van der Waals surface area contributed by atoms with Gasteiger partial charge in [0.2, 0.25) is 5.91 Å². The molecule has 0 fully saturated rings. The second kappa shape index (κ2) is 5.39. The fourth-order valence-corrected chi connectivity index (χ4v) is 1.40. The number of hydrogen-bond acceptors (Lipinski definition) is 3. The van der Waals surface area contributed by atoms with E-state index in [0.717, 1.165) is 11.3 Å². The van der Waals surface area contributed by atoms with Crippen LogP contribution in [0.3, 0.4) is 0 Å². The maximum Gasteiger partial charge on any atom is 0.233 e. The molecule has 1 aromatic heterocycles. The zero-order valence-electron chi connectivity index (χ0n) is 10.2. The molecule has 0 saturated carbocycles. The number of carbonyl (C=O) groups excluding carboxylic acids is 1. The van der Waals surface area contributed by atoms with Gasteiger partial charge >= 0.3 is 0 Å². The second-order valence-corrected chi connectivity index (χ2v) is 4.84. The molecular weight excluding hydrogens is 222 g/mol. The first-order chi connectivity index (χ1) is 7.43. The smallest absolute Gasteiger partial charge is 0.233 e. The maximum absolute atomic E-state index is 11.7. The molecule has 0 bridgehead atoms. The molecule has 1 N–H and O–H groups in total. The Morgan fingerprint density at radius 2 is 2.25 bits per heavy atom. The number of thiol groups is 1. The molecule has 0 aromatic carbocycles. The molecular formula is C11H19N3OS. The highest BCUT2D eigenvalue weighted by Gasteiger charge is 2.17. The highest BCUT2D eigenvalue weighted by atomic mass is 32.1. The van der Waals surface area contributed by atoms with E-state index in [0.29, 0.717) is 6.54 Å². The summed E-state index contributed by atoms with van der Waals surface area (Å²) < 4.78 is 1.79. The lowest BCUT2D eigenvalue weighted by molar-refractivity contribution is -0.121. The van der Waals surface area contributed by atoms with Crippen LogP contribution in [-0.4, -0.2) is 20.9 Å². The van der Waals surface area contributed by atoms with Crippen molar-refractivity contribution >= 4 is 18.5 Å². The summed E-state index contributed by atoms with van der Waals surface area (Å²) >= 11 is 4.26. The van der Waals surface area contributed by atoms with E-state index >= 15 is 0 Å². The Kier molecular flexibility index (Phi) is 4.41. The molecule has 0 radical (unpaired) electrons. The molecule has 90 valence electrons. The molecule has 1 unspecified atom stereocenters. The van der Waals surface area contributed by atoms with Gasteiger partial charge in [-0.15, -0.1) is 0 Å². The van der Waals surface area contributed by atoms with Gasteiger partial charge in [0.1, 0.15) is 0 Å². The Morgan fingerprint density at radius 1 is 1.62 bits per heavy atom. The van der Waals surface area contributed by atoms with E-state index in [4.69, 9.17) is 0 Å². The fraction of sp³-hybridized carbons (Fsp3) is 0.636. The Morgan fingerprint density at radius 3 is 2.69 bits per heavy atom. The van der Waals surface area contributed by atoms with Gasteiger partial charge in [0.05, 0.1) is 11.4 Å².